The van der Waals surface area contributed by atoms with E-state index in [9.17, 15) is 4.79 Å². The fourth-order valence-electron chi connectivity index (χ4n) is 4.13. The number of hydrogen-bond donors (Lipinski definition) is 1. The number of aromatic nitrogens is 1. The first-order valence-corrected chi connectivity index (χ1v) is 10.7. The Morgan fingerprint density at radius 3 is 2.29 bits per heavy atom. The lowest BCUT2D eigenvalue weighted by atomic mass is 10.1. The van der Waals surface area contributed by atoms with E-state index in [0.717, 1.165) is 64.0 Å². The van der Waals surface area contributed by atoms with Crippen LogP contribution in [0, 0.1) is 0 Å². The SMILES string of the molecule is CN=C(NCCCC(=O)N1Cc2ccccc2C1)N1CCN(c2ccccn2)CC1.I. The first kappa shape index (κ1) is 23.3. The maximum atomic E-state index is 12.5. The van der Waals surface area contributed by atoms with Gasteiger partial charge in [-0.2, -0.15) is 0 Å². The van der Waals surface area contributed by atoms with E-state index in [1.165, 1.54) is 11.1 Å². The molecule has 1 saturated heterocycles. The van der Waals surface area contributed by atoms with Crippen molar-refractivity contribution in [2.75, 3.05) is 44.7 Å². The van der Waals surface area contributed by atoms with E-state index in [-0.39, 0.29) is 29.9 Å². The van der Waals surface area contributed by atoms with Crippen LogP contribution in [0.1, 0.15) is 24.0 Å². The van der Waals surface area contributed by atoms with E-state index in [2.05, 4.69) is 43.3 Å². The third-order valence-corrected chi connectivity index (χ3v) is 5.81. The molecule has 3 heterocycles. The van der Waals surface area contributed by atoms with Crippen LogP contribution >= 0.6 is 24.0 Å². The van der Waals surface area contributed by atoms with Gasteiger partial charge in [0.1, 0.15) is 5.82 Å². The number of halogens is 1. The number of anilines is 1. The highest BCUT2D eigenvalue weighted by molar-refractivity contribution is 14.0. The van der Waals surface area contributed by atoms with Crippen molar-refractivity contribution in [2.45, 2.75) is 25.9 Å². The van der Waals surface area contributed by atoms with Gasteiger partial charge in [-0.3, -0.25) is 9.79 Å². The highest BCUT2D eigenvalue weighted by atomic mass is 127. The van der Waals surface area contributed by atoms with Crippen molar-refractivity contribution >= 4 is 41.7 Å². The number of carbonyl (C=O) groups is 1. The Bertz CT molecular complexity index is 858. The van der Waals surface area contributed by atoms with Crippen molar-refractivity contribution in [2.24, 2.45) is 4.99 Å². The minimum Gasteiger partial charge on any atom is -0.356 e. The van der Waals surface area contributed by atoms with Crippen LogP contribution in [0.3, 0.4) is 0 Å². The van der Waals surface area contributed by atoms with Crippen LogP contribution in [0.4, 0.5) is 5.82 Å². The van der Waals surface area contributed by atoms with E-state index < -0.39 is 0 Å². The summed E-state index contributed by atoms with van der Waals surface area (Å²) in [5, 5.41) is 3.43. The number of rotatable bonds is 5. The van der Waals surface area contributed by atoms with E-state index >= 15 is 0 Å². The summed E-state index contributed by atoms with van der Waals surface area (Å²) in [6.45, 7) is 5.88. The number of benzene rings is 1. The molecular weight excluding hydrogens is 503 g/mol. The predicted molar refractivity (Wildman–Crippen MR) is 135 cm³/mol. The third kappa shape index (κ3) is 5.87. The molecule has 1 N–H and O–H groups in total. The summed E-state index contributed by atoms with van der Waals surface area (Å²) in [7, 11) is 1.82. The molecule has 0 aliphatic carbocycles. The maximum absolute atomic E-state index is 12.5. The second kappa shape index (κ2) is 11.3. The lowest BCUT2D eigenvalue weighted by Crippen LogP contribution is -2.52. The molecular formula is C23H31IN6O. The van der Waals surface area contributed by atoms with Crippen molar-refractivity contribution in [3.63, 3.8) is 0 Å². The summed E-state index contributed by atoms with van der Waals surface area (Å²) >= 11 is 0. The van der Waals surface area contributed by atoms with Crippen LogP contribution in [0.25, 0.3) is 0 Å². The van der Waals surface area contributed by atoms with Gasteiger partial charge < -0.3 is 20.0 Å². The summed E-state index contributed by atoms with van der Waals surface area (Å²) < 4.78 is 0. The molecule has 1 aromatic carbocycles. The molecule has 2 aliphatic heterocycles. The minimum atomic E-state index is 0. The van der Waals surface area contributed by atoms with Gasteiger partial charge in [0.2, 0.25) is 5.91 Å². The van der Waals surface area contributed by atoms with Crippen LogP contribution in [0.2, 0.25) is 0 Å². The molecule has 4 rings (SSSR count). The average molecular weight is 534 g/mol. The molecule has 0 saturated carbocycles. The van der Waals surface area contributed by atoms with E-state index in [0.29, 0.717) is 6.42 Å². The number of carbonyl (C=O) groups excluding carboxylic acids is 1. The average Bonchev–Trinajstić information content (AvgIpc) is 3.24. The predicted octanol–water partition coefficient (Wildman–Crippen LogP) is 2.72. The van der Waals surface area contributed by atoms with Crippen LogP contribution in [0.15, 0.2) is 53.7 Å². The number of aliphatic imine (C=N–C) groups is 1. The minimum absolute atomic E-state index is 0. The normalized spacial score (nSPS) is 16.0. The largest absolute Gasteiger partial charge is 0.356 e. The molecule has 2 aromatic rings. The fraction of sp³-hybridized carbons (Fsp3) is 0.435. The second-order valence-electron chi connectivity index (χ2n) is 7.76. The van der Waals surface area contributed by atoms with Gasteiger partial charge in [0.25, 0.3) is 0 Å². The van der Waals surface area contributed by atoms with Crippen LogP contribution in [-0.4, -0.2) is 66.4 Å². The molecule has 31 heavy (non-hydrogen) atoms. The zero-order valence-electron chi connectivity index (χ0n) is 18.0. The van der Waals surface area contributed by atoms with Crippen LogP contribution < -0.4 is 10.2 Å². The number of guanidine groups is 1. The summed E-state index contributed by atoms with van der Waals surface area (Å²) in [5.41, 5.74) is 2.54. The molecule has 0 spiro atoms. The van der Waals surface area contributed by atoms with Gasteiger partial charge >= 0.3 is 0 Å². The van der Waals surface area contributed by atoms with Gasteiger partial charge in [0.05, 0.1) is 0 Å². The van der Waals surface area contributed by atoms with Gasteiger partial charge in [-0.1, -0.05) is 30.3 Å². The van der Waals surface area contributed by atoms with Crippen molar-refractivity contribution in [3.8, 4) is 0 Å². The Morgan fingerprint density at radius 2 is 1.68 bits per heavy atom. The third-order valence-electron chi connectivity index (χ3n) is 5.81. The Kier molecular flexibility index (Phi) is 8.51. The Balaban J connectivity index is 0.00000272. The molecule has 0 unspecified atom stereocenters. The maximum Gasteiger partial charge on any atom is 0.223 e. The lowest BCUT2D eigenvalue weighted by molar-refractivity contribution is -0.131. The highest BCUT2D eigenvalue weighted by Crippen LogP contribution is 2.22. The fourth-order valence-corrected chi connectivity index (χ4v) is 4.13. The zero-order chi connectivity index (χ0) is 20.8. The van der Waals surface area contributed by atoms with Gasteiger partial charge in [-0.15, -0.1) is 24.0 Å². The van der Waals surface area contributed by atoms with Gasteiger partial charge in [-0.05, 0) is 29.7 Å². The standard InChI is InChI=1S/C23H30N6O.HI/c1-24-23(28-15-13-27(14-16-28)21-9-4-5-11-25-21)26-12-6-10-22(30)29-17-19-7-2-3-8-20(19)18-29;/h2-5,7-9,11H,6,10,12-18H2,1H3,(H,24,26);1H. The molecule has 2 aliphatic rings. The molecule has 0 atom stereocenters. The smallest absolute Gasteiger partial charge is 0.223 e. The molecule has 8 heteroatoms. The Morgan fingerprint density at radius 1 is 1.00 bits per heavy atom. The number of nitrogens with one attached hydrogen (secondary N) is 1. The van der Waals surface area contributed by atoms with Crippen molar-refractivity contribution in [1.29, 1.82) is 0 Å². The molecule has 0 radical (unpaired) electrons. The van der Waals surface area contributed by atoms with Crippen LogP contribution in [-0.2, 0) is 17.9 Å². The van der Waals surface area contributed by atoms with Crippen molar-refractivity contribution in [1.82, 2.24) is 20.1 Å². The first-order chi connectivity index (χ1) is 14.7. The number of pyridine rings is 1. The number of hydrogen-bond acceptors (Lipinski definition) is 4. The monoisotopic (exact) mass is 534 g/mol. The summed E-state index contributed by atoms with van der Waals surface area (Å²) in [6, 6.07) is 14.3. The number of amides is 1. The summed E-state index contributed by atoms with van der Waals surface area (Å²) in [4.78, 5) is 28.0. The van der Waals surface area contributed by atoms with Gasteiger partial charge in [-0.25, -0.2) is 4.98 Å². The molecule has 1 aromatic heterocycles. The molecule has 1 amide bonds. The van der Waals surface area contributed by atoms with Gasteiger partial charge in [0.15, 0.2) is 5.96 Å². The summed E-state index contributed by atoms with van der Waals surface area (Å²) in [6.07, 6.45) is 3.20. The Labute approximate surface area is 201 Å². The number of nitrogens with zero attached hydrogens (tertiary/aromatic N) is 5. The van der Waals surface area contributed by atoms with Gasteiger partial charge in [0, 0.05) is 65.5 Å². The molecule has 1 fully saturated rings. The lowest BCUT2D eigenvalue weighted by Gasteiger charge is -2.37. The number of fused-ring (bicyclic) bond motifs is 1. The quantitative estimate of drug-likeness (QED) is 0.277. The molecule has 166 valence electrons. The van der Waals surface area contributed by atoms with E-state index in [4.69, 9.17) is 0 Å². The molecule has 7 nitrogen and oxygen atoms in total. The highest BCUT2D eigenvalue weighted by Gasteiger charge is 2.23. The van der Waals surface area contributed by atoms with Crippen molar-refractivity contribution < 1.29 is 4.79 Å². The summed E-state index contributed by atoms with van der Waals surface area (Å²) in [5.74, 6) is 2.17. The number of piperazine rings is 1. The molecule has 0 bridgehead atoms. The first-order valence-electron chi connectivity index (χ1n) is 10.7. The van der Waals surface area contributed by atoms with Crippen LogP contribution in [0.5, 0.6) is 0 Å². The Hall–Kier alpha value is -2.36. The zero-order valence-corrected chi connectivity index (χ0v) is 20.4. The topological polar surface area (TPSA) is 64.1 Å². The second-order valence-corrected chi connectivity index (χ2v) is 7.76. The van der Waals surface area contributed by atoms with E-state index in [1.807, 2.05) is 42.4 Å². The van der Waals surface area contributed by atoms with E-state index in [1.54, 1.807) is 0 Å². The van der Waals surface area contributed by atoms with Crippen molar-refractivity contribution in [3.05, 3.63) is 59.8 Å².